The van der Waals surface area contributed by atoms with Crippen LogP contribution in [0.3, 0.4) is 0 Å². The molecule has 4 rings (SSSR count). The van der Waals surface area contributed by atoms with Crippen LogP contribution in [0.25, 0.3) is 17.1 Å². The summed E-state index contributed by atoms with van der Waals surface area (Å²) in [6.45, 7) is 5.20. The Labute approximate surface area is 129 Å². The summed E-state index contributed by atoms with van der Waals surface area (Å²) in [6, 6.07) is 6.30. The minimum absolute atomic E-state index is 0.825. The number of benzene rings is 1. The maximum absolute atomic E-state index is 4.83. The van der Waals surface area contributed by atoms with Gasteiger partial charge in [-0.2, -0.15) is 5.10 Å². The molecule has 3 aromatic rings. The van der Waals surface area contributed by atoms with Gasteiger partial charge in [0.1, 0.15) is 17.2 Å². The van der Waals surface area contributed by atoms with Gasteiger partial charge in [-0.3, -0.25) is 9.97 Å². The van der Waals surface area contributed by atoms with E-state index in [-0.39, 0.29) is 0 Å². The van der Waals surface area contributed by atoms with Gasteiger partial charge in [-0.25, -0.2) is 4.68 Å². The summed E-state index contributed by atoms with van der Waals surface area (Å²) in [6.07, 6.45) is 6.13. The lowest BCUT2D eigenvalue weighted by molar-refractivity contribution is 0.870. The van der Waals surface area contributed by atoms with Crippen LogP contribution in [0.4, 0.5) is 5.82 Å². The molecule has 0 fully saturated rings. The molecule has 0 unspecified atom stereocenters. The molecule has 1 aliphatic rings. The number of nitrogens with one attached hydrogen (secondary N) is 1. The largest absolute Gasteiger partial charge is 0.369 e. The van der Waals surface area contributed by atoms with Crippen molar-refractivity contribution < 1.29 is 0 Å². The van der Waals surface area contributed by atoms with Crippen molar-refractivity contribution in [3.63, 3.8) is 0 Å². The van der Waals surface area contributed by atoms with Gasteiger partial charge in [-0.05, 0) is 37.5 Å². The van der Waals surface area contributed by atoms with Crippen molar-refractivity contribution >= 4 is 5.82 Å². The molecule has 5 heteroatoms. The summed E-state index contributed by atoms with van der Waals surface area (Å²) in [5, 5.41) is 8.28. The average Bonchev–Trinajstić information content (AvgIpc) is 3.13. The lowest BCUT2D eigenvalue weighted by atomic mass is 10.1. The van der Waals surface area contributed by atoms with Crippen LogP contribution < -0.4 is 5.32 Å². The molecule has 0 aliphatic carbocycles. The van der Waals surface area contributed by atoms with Gasteiger partial charge in [0, 0.05) is 24.5 Å². The second-order valence-electron chi connectivity index (χ2n) is 5.57. The summed E-state index contributed by atoms with van der Waals surface area (Å²) in [5.41, 5.74) is 6.59. The highest BCUT2D eigenvalue weighted by atomic mass is 15.3. The van der Waals surface area contributed by atoms with E-state index in [9.17, 15) is 0 Å². The lowest BCUT2D eigenvalue weighted by Crippen LogP contribution is -2.06. The van der Waals surface area contributed by atoms with Gasteiger partial charge in [0.25, 0.3) is 0 Å². The molecule has 0 spiro atoms. The fourth-order valence-electron chi connectivity index (χ4n) is 2.94. The minimum Gasteiger partial charge on any atom is -0.369 e. The Morgan fingerprint density at radius 2 is 2.09 bits per heavy atom. The lowest BCUT2D eigenvalue weighted by Gasteiger charge is -2.11. The van der Waals surface area contributed by atoms with E-state index in [1.165, 1.54) is 16.7 Å². The predicted molar refractivity (Wildman–Crippen MR) is 86.3 cm³/mol. The first-order valence-electron chi connectivity index (χ1n) is 7.44. The summed E-state index contributed by atoms with van der Waals surface area (Å²) in [5.74, 6) is 1.08. The molecule has 2 aromatic heterocycles. The Kier molecular flexibility index (Phi) is 2.92. The van der Waals surface area contributed by atoms with Crippen LogP contribution in [0, 0.1) is 13.8 Å². The van der Waals surface area contributed by atoms with Gasteiger partial charge < -0.3 is 5.32 Å². The number of hydrogen-bond acceptors (Lipinski definition) is 4. The Bertz CT molecular complexity index is 836. The Morgan fingerprint density at radius 3 is 2.91 bits per heavy atom. The maximum atomic E-state index is 4.83. The molecule has 1 N–H and O–H groups in total. The normalized spacial score (nSPS) is 13.0. The van der Waals surface area contributed by atoms with Gasteiger partial charge in [0.2, 0.25) is 0 Å². The molecule has 110 valence electrons. The van der Waals surface area contributed by atoms with Crippen LogP contribution in [-0.2, 0) is 6.42 Å². The van der Waals surface area contributed by atoms with Crippen LogP contribution in [-0.4, -0.2) is 26.3 Å². The zero-order valence-corrected chi connectivity index (χ0v) is 12.7. The number of aryl methyl sites for hydroxylation is 1. The molecule has 22 heavy (non-hydrogen) atoms. The van der Waals surface area contributed by atoms with Crippen LogP contribution in [0.5, 0.6) is 0 Å². The molecule has 0 saturated carbocycles. The fraction of sp³-hybridized carbons (Fsp3) is 0.235. The summed E-state index contributed by atoms with van der Waals surface area (Å²) in [7, 11) is 0. The predicted octanol–water partition coefficient (Wildman–Crippen LogP) is 2.91. The zero-order valence-electron chi connectivity index (χ0n) is 12.7. The first-order chi connectivity index (χ1) is 10.8. The quantitative estimate of drug-likeness (QED) is 0.788. The van der Waals surface area contributed by atoms with E-state index in [2.05, 4.69) is 47.3 Å². The Balaban J connectivity index is 1.94. The Hall–Kier alpha value is -2.69. The average molecular weight is 291 g/mol. The SMILES string of the molecule is Cc1cccc(-n2nc(-c3cnccn3)c3c2NCC3)c1C. The van der Waals surface area contributed by atoms with Crippen molar-refractivity contribution in [2.45, 2.75) is 20.3 Å². The molecular weight excluding hydrogens is 274 g/mol. The van der Waals surface area contributed by atoms with E-state index in [0.717, 1.165) is 35.9 Å². The van der Waals surface area contributed by atoms with Crippen LogP contribution >= 0.6 is 0 Å². The van der Waals surface area contributed by atoms with E-state index in [0.29, 0.717) is 0 Å². The molecule has 0 bridgehead atoms. The van der Waals surface area contributed by atoms with Crippen LogP contribution in [0.15, 0.2) is 36.8 Å². The summed E-state index contributed by atoms with van der Waals surface area (Å²) >= 11 is 0. The van der Waals surface area contributed by atoms with Gasteiger partial charge in [0.05, 0.1) is 11.9 Å². The molecule has 1 aliphatic heterocycles. The second-order valence-corrected chi connectivity index (χ2v) is 5.57. The third kappa shape index (κ3) is 1.89. The van der Waals surface area contributed by atoms with E-state index in [4.69, 9.17) is 5.10 Å². The topological polar surface area (TPSA) is 55.6 Å². The maximum Gasteiger partial charge on any atom is 0.133 e. The molecule has 1 aromatic carbocycles. The summed E-state index contributed by atoms with van der Waals surface area (Å²) < 4.78 is 2.01. The molecular formula is C17H17N5. The molecule has 3 heterocycles. The van der Waals surface area contributed by atoms with Gasteiger partial charge in [-0.1, -0.05) is 12.1 Å². The highest BCUT2D eigenvalue weighted by Crippen LogP contribution is 2.34. The number of rotatable bonds is 2. The van der Waals surface area contributed by atoms with E-state index in [1.807, 2.05) is 4.68 Å². The molecule has 0 atom stereocenters. The molecule has 5 nitrogen and oxygen atoms in total. The highest BCUT2D eigenvalue weighted by molar-refractivity contribution is 5.70. The van der Waals surface area contributed by atoms with E-state index < -0.39 is 0 Å². The van der Waals surface area contributed by atoms with Gasteiger partial charge in [-0.15, -0.1) is 0 Å². The van der Waals surface area contributed by atoms with E-state index in [1.54, 1.807) is 18.6 Å². The third-order valence-electron chi connectivity index (χ3n) is 4.26. The number of hydrogen-bond donors (Lipinski definition) is 1. The van der Waals surface area contributed by atoms with Crippen molar-refractivity contribution in [2.75, 3.05) is 11.9 Å². The standard InChI is InChI=1S/C17H17N5/c1-11-4-3-5-15(12(11)2)22-17-13(6-7-20-17)16(21-22)14-10-18-8-9-19-14/h3-5,8-10,20H,6-7H2,1-2H3. The van der Waals surface area contributed by atoms with Crippen molar-refractivity contribution in [1.29, 1.82) is 0 Å². The van der Waals surface area contributed by atoms with E-state index >= 15 is 0 Å². The monoisotopic (exact) mass is 291 g/mol. The zero-order chi connectivity index (χ0) is 15.1. The van der Waals surface area contributed by atoms with Crippen molar-refractivity contribution in [1.82, 2.24) is 19.7 Å². The number of anilines is 1. The minimum atomic E-state index is 0.825. The van der Waals surface area contributed by atoms with Crippen LogP contribution in [0.1, 0.15) is 16.7 Å². The fourth-order valence-corrected chi connectivity index (χ4v) is 2.94. The molecule has 0 radical (unpaired) electrons. The number of nitrogens with zero attached hydrogens (tertiary/aromatic N) is 4. The second kappa shape index (κ2) is 4.94. The number of fused-ring (bicyclic) bond motifs is 1. The number of aromatic nitrogens is 4. The first-order valence-corrected chi connectivity index (χ1v) is 7.44. The van der Waals surface area contributed by atoms with Crippen molar-refractivity contribution in [3.05, 3.63) is 53.5 Å². The summed E-state index contributed by atoms with van der Waals surface area (Å²) in [4.78, 5) is 8.58. The molecule has 0 saturated heterocycles. The highest BCUT2D eigenvalue weighted by Gasteiger charge is 2.25. The van der Waals surface area contributed by atoms with Crippen molar-refractivity contribution in [3.8, 4) is 17.1 Å². The van der Waals surface area contributed by atoms with Gasteiger partial charge >= 0.3 is 0 Å². The van der Waals surface area contributed by atoms with Gasteiger partial charge in [0.15, 0.2) is 0 Å². The smallest absolute Gasteiger partial charge is 0.133 e. The Morgan fingerprint density at radius 1 is 1.18 bits per heavy atom. The first kappa shape index (κ1) is 13.0. The van der Waals surface area contributed by atoms with Crippen molar-refractivity contribution in [2.24, 2.45) is 0 Å². The third-order valence-corrected chi connectivity index (χ3v) is 4.26. The molecule has 0 amide bonds. The van der Waals surface area contributed by atoms with Crippen LogP contribution in [0.2, 0.25) is 0 Å².